The van der Waals surface area contributed by atoms with Crippen LogP contribution in [-0.4, -0.2) is 19.1 Å². The van der Waals surface area contributed by atoms with Crippen LogP contribution >= 0.6 is 15.9 Å². The zero-order valence-corrected chi connectivity index (χ0v) is 17.2. The molecule has 1 amide bonds. The van der Waals surface area contributed by atoms with E-state index in [0.717, 1.165) is 16.6 Å². The summed E-state index contributed by atoms with van der Waals surface area (Å²) in [4.78, 5) is 12.8. The van der Waals surface area contributed by atoms with Crippen molar-refractivity contribution in [1.29, 1.82) is 0 Å². The standard InChI is InChI=1S/C23H22BrNO3/c1-2-27-20-11-9-19(10-12-20)25-23(26)21-16-18(24)8-13-22(21)28-15-14-17-6-4-3-5-7-17/h3-13,16H,2,14-15H2,1H3,(H,25,26). The van der Waals surface area contributed by atoms with Gasteiger partial charge in [-0.25, -0.2) is 0 Å². The Balaban J connectivity index is 1.67. The summed E-state index contributed by atoms with van der Waals surface area (Å²) in [7, 11) is 0. The number of hydrogen-bond donors (Lipinski definition) is 1. The van der Waals surface area contributed by atoms with Gasteiger partial charge < -0.3 is 14.8 Å². The topological polar surface area (TPSA) is 47.6 Å². The summed E-state index contributed by atoms with van der Waals surface area (Å²) in [5, 5.41) is 2.91. The number of hydrogen-bond acceptors (Lipinski definition) is 3. The molecule has 144 valence electrons. The van der Waals surface area contributed by atoms with Crippen molar-refractivity contribution < 1.29 is 14.3 Å². The number of anilines is 1. The van der Waals surface area contributed by atoms with Gasteiger partial charge in [-0.3, -0.25) is 4.79 Å². The SMILES string of the molecule is CCOc1ccc(NC(=O)c2cc(Br)ccc2OCCc2ccccc2)cc1. The lowest BCUT2D eigenvalue weighted by Gasteiger charge is -2.13. The van der Waals surface area contributed by atoms with Gasteiger partial charge in [0.15, 0.2) is 0 Å². The molecular weight excluding hydrogens is 418 g/mol. The van der Waals surface area contributed by atoms with Gasteiger partial charge in [0.25, 0.3) is 5.91 Å². The largest absolute Gasteiger partial charge is 0.494 e. The van der Waals surface area contributed by atoms with E-state index >= 15 is 0 Å². The highest BCUT2D eigenvalue weighted by atomic mass is 79.9. The average Bonchev–Trinajstić information content (AvgIpc) is 2.71. The summed E-state index contributed by atoms with van der Waals surface area (Å²) in [6.07, 6.45) is 0.775. The number of benzene rings is 3. The molecule has 0 atom stereocenters. The van der Waals surface area contributed by atoms with Crippen molar-refractivity contribution in [2.24, 2.45) is 0 Å². The van der Waals surface area contributed by atoms with Crippen LogP contribution in [0.5, 0.6) is 11.5 Å². The molecule has 3 rings (SSSR count). The first kappa shape index (κ1) is 20.0. The second kappa shape index (κ2) is 9.95. The Bertz CT molecular complexity index is 911. The van der Waals surface area contributed by atoms with Crippen LogP contribution in [0.15, 0.2) is 77.3 Å². The minimum atomic E-state index is -0.222. The van der Waals surface area contributed by atoms with E-state index in [9.17, 15) is 4.79 Å². The first-order valence-electron chi connectivity index (χ1n) is 9.16. The molecule has 0 saturated carbocycles. The van der Waals surface area contributed by atoms with Gasteiger partial charge in [0.2, 0.25) is 0 Å². The summed E-state index contributed by atoms with van der Waals surface area (Å²) in [6, 6.07) is 22.9. The van der Waals surface area contributed by atoms with Crippen LogP contribution in [0, 0.1) is 0 Å². The molecule has 0 saturated heterocycles. The third-order valence-corrected chi connectivity index (χ3v) is 4.59. The molecule has 0 heterocycles. The minimum Gasteiger partial charge on any atom is -0.494 e. The predicted molar refractivity (Wildman–Crippen MR) is 115 cm³/mol. The molecule has 1 N–H and O–H groups in total. The molecule has 3 aromatic rings. The van der Waals surface area contributed by atoms with Gasteiger partial charge in [0, 0.05) is 16.6 Å². The molecule has 0 aliphatic rings. The molecule has 0 aliphatic heterocycles. The van der Waals surface area contributed by atoms with Crippen LogP contribution in [0.2, 0.25) is 0 Å². The molecule has 28 heavy (non-hydrogen) atoms. The van der Waals surface area contributed by atoms with Crippen LogP contribution in [0.4, 0.5) is 5.69 Å². The average molecular weight is 440 g/mol. The van der Waals surface area contributed by atoms with Crippen molar-refractivity contribution in [3.8, 4) is 11.5 Å². The molecule has 0 bridgehead atoms. The molecule has 0 spiro atoms. The zero-order valence-electron chi connectivity index (χ0n) is 15.7. The van der Waals surface area contributed by atoms with Gasteiger partial charge in [0.05, 0.1) is 18.8 Å². The van der Waals surface area contributed by atoms with E-state index < -0.39 is 0 Å². The Morgan fingerprint density at radius 2 is 1.71 bits per heavy atom. The summed E-state index contributed by atoms with van der Waals surface area (Å²) >= 11 is 3.43. The highest BCUT2D eigenvalue weighted by Crippen LogP contribution is 2.25. The van der Waals surface area contributed by atoms with E-state index in [1.54, 1.807) is 6.07 Å². The normalized spacial score (nSPS) is 10.4. The van der Waals surface area contributed by atoms with Gasteiger partial charge >= 0.3 is 0 Å². The van der Waals surface area contributed by atoms with E-state index in [2.05, 4.69) is 33.4 Å². The second-order valence-corrected chi connectivity index (χ2v) is 7.05. The predicted octanol–water partition coefficient (Wildman–Crippen LogP) is 5.72. The van der Waals surface area contributed by atoms with Crippen LogP contribution in [0.3, 0.4) is 0 Å². The maximum absolute atomic E-state index is 12.8. The van der Waals surface area contributed by atoms with Gasteiger partial charge in [-0.05, 0) is 55.0 Å². The van der Waals surface area contributed by atoms with Gasteiger partial charge in [-0.15, -0.1) is 0 Å². The van der Waals surface area contributed by atoms with Crippen LogP contribution in [-0.2, 0) is 6.42 Å². The molecule has 0 aliphatic carbocycles. The lowest BCUT2D eigenvalue weighted by atomic mass is 10.1. The first-order chi connectivity index (χ1) is 13.7. The molecule has 0 radical (unpaired) electrons. The van der Waals surface area contributed by atoms with Gasteiger partial charge in [0.1, 0.15) is 11.5 Å². The number of amides is 1. The highest BCUT2D eigenvalue weighted by Gasteiger charge is 2.14. The zero-order chi connectivity index (χ0) is 19.8. The van der Waals surface area contributed by atoms with E-state index in [1.165, 1.54) is 5.56 Å². The Hall–Kier alpha value is -2.79. The van der Waals surface area contributed by atoms with E-state index in [4.69, 9.17) is 9.47 Å². The lowest BCUT2D eigenvalue weighted by molar-refractivity contribution is 0.102. The number of carbonyl (C=O) groups excluding carboxylic acids is 1. The minimum absolute atomic E-state index is 0.222. The molecule has 5 heteroatoms. The molecule has 0 fully saturated rings. The van der Waals surface area contributed by atoms with Crippen LogP contribution < -0.4 is 14.8 Å². The Labute approximate surface area is 173 Å². The van der Waals surface area contributed by atoms with Gasteiger partial charge in [-0.1, -0.05) is 46.3 Å². The van der Waals surface area contributed by atoms with Crippen LogP contribution in [0.1, 0.15) is 22.8 Å². The molecule has 0 unspecified atom stereocenters. The number of halogens is 1. The number of rotatable bonds is 8. The fraction of sp³-hybridized carbons (Fsp3) is 0.174. The molecule has 0 aromatic heterocycles. The summed E-state index contributed by atoms with van der Waals surface area (Å²) in [5.41, 5.74) is 2.37. The van der Waals surface area contributed by atoms with Crippen molar-refractivity contribution >= 4 is 27.5 Å². The van der Waals surface area contributed by atoms with E-state index in [1.807, 2.05) is 61.5 Å². The smallest absolute Gasteiger partial charge is 0.259 e. The van der Waals surface area contributed by atoms with Crippen molar-refractivity contribution in [3.05, 3.63) is 88.4 Å². The van der Waals surface area contributed by atoms with E-state index in [-0.39, 0.29) is 5.91 Å². The Kier molecular flexibility index (Phi) is 7.09. The third kappa shape index (κ3) is 5.60. The van der Waals surface area contributed by atoms with Gasteiger partial charge in [-0.2, -0.15) is 0 Å². The van der Waals surface area contributed by atoms with Crippen LogP contribution in [0.25, 0.3) is 0 Å². The number of ether oxygens (including phenoxy) is 2. The Morgan fingerprint density at radius 3 is 2.43 bits per heavy atom. The van der Waals surface area contributed by atoms with Crippen molar-refractivity contribution in [3.63, 3.8) is 0 Å². The number of carbonyl (C=O) groups is 1. The highest BCUT2D eigenvalue weighted by molar-refractivity contribution is 9.10. The Morgan fingerprint density at radius 1 is 0.964 bits per heavy atom. The fourth-order valence-electron chi connectivity index (χ4n) is 2.73. The summed E-state index contributed by atoms with van der Waals surface area (Å²) in [5.74, 6) is 1.11. The summed E-state index contributed by atoms with van der Waals surface area (Å²) in [6.45, 7) is 3.03. The van der Waals surface area contributed by atoms with Crippen molar-refractivity contribution in [2.75, 3.05) is 18.5 Å². The lowest BCUT2D eigenvalue weighted by Crippen LogP contribution is -2.14. The molecule has 4 nitrogen and oxygen atoms in total. The van der Waals surface area contributed by atoms with Crippen molar-refractivity contribution in [2.45, 2.75) is 13.3 Å². The first-order valence-corrected chi connectivity index (χ1v) is 9.95. The summed E-state index contributed by atoms with van der Waals surface area (Å²) < 4.78 is 12.2. The monoisotopic (exact) mass is 439 g/mol. The number of nitrogens with one attached hydrogen (secondary N) is 1. The van der Waals surface area contributed by atoms with Crippen molar-refractivity contribution in [1.82, 2.24) is 0 Å². The molecule has 3 aromatic carbocycles. The maximum atomic E-state index is 12.8. The molecular formula is C23H22BrNO3. The fourth-order valence-corrected chi connectivity index (χ4v) is 3.09. The van der Waals surface area contributed by atoms with E-state index in [0.29, 0.717) is 30.2 Å². The third-order valence-electron chi connectivity index (χ3n) is 4.10. The maximum Gasteiger partial charge on any atom is 0.259 e. The second-order valence-electron chi connectivity index (χ2n) is 6.14. The quantitative estimate of drug-likeness (QED) is 0.487.